The molecule has 0 radical (unpaired) electrons. The summed E-state index contributed by atoms with van der Waals surface area (Å²) >= 11 is -1.23. The summed E-state index contributed by atoms with van der Waals surface area (Å²) in [4.78, 5) is -0.0649. The molecule has 0 bridgehead atoms. The van der Waals surface area contributed by atoms with E-state index in [1.807, 2.05) is 12.1 Å². The third kappa shape index (κ3) is 3.88. The van der Waals surface area contributed by atoms with E-state index in [-0.39, 0.29) is 21.8 Å². The Morgan fingerprint density at radius 3 is 2.58 bits per heavy atom. The Balaban J connectivity index is 1.95. The van der Waals surface area contributed by atoms with Gasteiger partial charge in [0, 0.05) is 0 Å². The molecule has 0 amide bonds. The van der Waals surface area contributed by atoms with Crippen LogP contribution in [0.2, 0.25) is 0 Å². The molecule has 138 valence electrons. The Bertz CT molecular complexity index is 910. The van der Waals surface area contributed by atoms with Gasteiger partial charge in [-0.2, -0.15) is 0 Å². The number of alkyl halides is 4. The topological polar surface area (TPSA) is 52.9 Å². The summed E-state index contributed by atoms with van der Waals surface area (Å²) in [6.07, 6.45) is 1.20. The van der Waals surface area contributed by atoms with Crippen LogP contribution >= 0.6 is 19.8 Å². The molecule has 1 saturated heterocycles. The van der Waals surface area contributed by atoms with Crippen molar-refractivity contribution in [2.75, 3.05) is 14.2 Å². The fraction of sp³-hybridized carbons (Fsp3) is 0.278. The average molecular weight is 492 g/mol. The molecule has 1 aliphatic heterocycles. The van der Waals surface area contributed by atoms with Crippen molar-refractivity contribution in [1.82, 2.24) is 0 Å². The molecule has 8 heteroatoms. The number of nitrogens with one attached hydrogen (secondary N) is 1. The van der Waals surface area contributed by atoms with Gasteiger partial charge in [0.2, 0.25) is 0 Å². The van der Waals surface area contributed by atoms with Gasteiger partial charge >= 0.3 is 160 Å². The van der Waals surface area contributed by atoms with Gasteiger partial charge in [0.05, 0.1) is 0 Å². The average Bonchev–Trinajstić information content (AvgIpc) is 2.52. The van der Waals surface area contributed by atoms with Gasteiger partial charge in [0.25, 0.3) is 0 Å². The zero-order chi connectivity index (χ0) is 18.8. The molecular weight excluding hydrogens is 476 g/mol. The SMILES string of the molecule is Cc1c(S(=O)C(F)F)ccc(Nc2cc(F)cc(I3CCC3)c2)c1C#N. The fourth-order valence-corrected chi connectivity index (χ4v) is 7.76. The number of rotatable bonds is 5. The van der Waals surface area contributed by atoms with Gasteiger partial charge in [-0.25, -0.2) is 0 Å². The number of hydrogen-bond acceptors (Lipinski definition) is 3. The first-order chi connectivity index (χ1) is 12.4. The summed E-state index contributed by atoms with van der Waals surface area (Å²) in [7, 11) is -2.49. The molecular formula is C18H16F3IN2OS. The first-order valence-electron chi connectivity index (χ1n) is 7.82. The number of halogens is 4. The zero-order valence-electron chi connectivity index (χ0n) is 13.9. The zero-order valence-corrected chi connectivity index (χ0v) is 16.8. The van der Waals surface area contributed by atoms with E-state index in [1.165, 1.54) is 40.4 Å². The van der Waals surface area contributed by atoms with Gasteiger partial charge < -0.3 is 0 Å². The predicted molar refractivity (Wildman–Crippen MR) is 105 cm³/mol. The van der Waals surface area contributed by atoms with Crippen molar-refractivity contribution >= 4 is 42.0 Å². The molecule has 1 N–H and O–H groups in total. The Hall–Kier alpha value is -1.60. The van der Waals surface area contributed by atoms with Gasteiger partial charge in [-0.05, 0) is 0 Å². The third-order valence-electron chi connectivity index (χ3n) is 4.08. The summed E-state index contributed by atoms with van der Waals surface area (Å²) in [5.41, 5.74) is 1.28. The van der Waals surface area contributed by atoms with E-state index >= 15 is 0 Å². The van der Waals surface area contributed by atoms with Crippen molar-refractivity contribution in [1.29, 1.82) is 5.26 Å². The molecule has 0 aliphatic carbocycles. The maximum atomic E-state index is 14.0. The normalized spacial score (nSPS) is 16.1. The first kappa shape index (κ1) is 19.2. The minimum atomic E-state index is -3.02. The summed E-state index contributed by atoms with van der Waals surface area (Å²) in [6.45, 7) is 1.48. The summed E-state index contributed by atoms with van der Waals surface area (Å²) in [6, 6.07) is 9.57. The molecule has 1 atom stereocenters. The van der Waals surface area contributed by atoms with Gasteiger partial charge in [-0.15, -0.1) is 0 Å². The molecule has 2 aromatic rings. The van der Waals surface area contributed by atoms with Gasteiger partial charge in [0.1, 0.15) is 0 Å². The molecule has 3 rings (SSSR count). The minimum absolute atomic E-state index is 0.0649. The van der Waals surface area contributed by atoms with Crippen LogP contribution in [0.4, 0.5) is 24.5 Å². The Morgan fingerprint density at radius 1 is 1.27 bits per heavy atom. The molecule has 1 heterocycles. The van der Waals surface area contributed by atoms with E-state index in [0.717, 1.165) is 3.57 Å². The van der Waals surface area contributed by atoms with Gasteiger partial charge in [0.15, 0.2) is 0 Å². The van der Waals surface area contributed by atoms with Crippen LogP contribution in [0.25, 0.3) is 0 Å². The van der Waals surface area contributed by atoms with E-state index in [1.54, 1.807) is 6.07 Å². The van der Waals surface area contributed by atoms with E-state index in [4.69, 9.17) is 0 Å². The standard InChI is InChI=1S/C18H16F3IN2OS/c1-11-15(10-23)16(3-4-17(11)26(25)18(20)21)24-14-8-12(19)7-13(9-14)22-5-2-6-22/h3-4,7-9,18,24H,2,5-6H2,1H3. The Morgan fingerprint density at radius 2 is 2.00 bits per heavy atom. The van der Waals surface area contributed by atoms with Crippen molar-refractivity contribution in [3.8, 4) is 6.07 Å². The van der Waals surface area contributed by atoms with Crippen LogP contribution in [0.3, 0.4) is 0 Å². The molecule has 26 heavy (non-hydrogen) atoms. The second kappa shape index (κ2) is 7.96. The third-order valence-corrected chi connectivity index (χ3v) is 11.8. The van der Waals surface area contributed by atoms with Crippen molar-refractivity contribution in [2.45, 2.75) is 24.0 Å². The maximum absolute atomic E-state index is 14.0. The molecule has 0 aromatic heterocycles. The Kier molecular flexibility index (Phi) is 5.87. The summed E-state index contributed by atoms with van der Waals surface area (Å²) < 4.78 is 54.6. The fourth-order valence-electron chi connectivity index (χ4n) is 2.68. The van der Waals surface area contributed by atoms with Crippen LogP contribution in [0.5, 0.6) is 0 Å². The monoisotopic (exact) mass is 492 g/mol. The van der Waals surface area contributed by atoms with Crippen LogP contribution in [0, 0.1) is 27.6 Å². The number of hydrogen-bond donors (Lipinski definition) is 1. The van der Waals surface area contributed by atoms with E-state index in [0.29, 0.717) is 11.4 Å². The number of nitrogens with zero attached hydrogens (tertiary/aromatic N) is 1. The second-order valence-electron chi connectivity index (χ2n) is 5.75. The van der Waals surface area contributed by atoms with Crippen LogP contribution < -0.4 is 5.32 Å². The van der Waals surface area contributed by atoms with Crippen molar-refractivity contribution in [3.05, 3.63) is 50.8 Å². The quantitative estimate of drug-likeness (QED) is 0.464. The molecule has 3 nitrogen and oxygen atoms in total. The van der Waals surface area contributed by atoms with Crippen molar-refractivity contribution < 1.29 is 17.4 Å². The van der Waals surface area contributed by atoms with E-state index < -0.39 is 36.4 Å². The van der Waals surface area contributed by atoms with Crippen LogP contribution in [-0.2, 0) is 10.8 Å². The van der Waals surface area contributed by atoms with Crippen LogP contribution in [0.15, 0.2) is 35.2 Å². The molecule has 1 aliphatic rings. The van der Waals surface area contributed by atoms with Crippen LogP contribution in [-0.4, -0.2) is 18.8 Å². The van der Waals surface area contributed by atoms with E-state index in [2.05, 4.69) is 5.32 Å². The molecule has 1 fully saturated rings. The Labute approximate surface area is 159 Å². The van der Waals surface area contributed by atoms with Gasteiger partial charge in [-0.3, -0.25) is 0 Å². The number of nitriles is 1. The molecule has 0 spiro atoms. The summed E-state index contributed by atoms with van der Waals surface area (Å²) in [5.74, 6) is -3.35. The first-order valence-corrected chi connectivity index (χ1v) is 13.2. The summed E-state index contributed by atoms with van der Waals surface area (Å²) in [5, 5.41) is 12.4. The van der Waals surface area contributed by atoms with Crippen molar-refractivity contribution in [3.63, 3.8) is 0 Å². The van der Waals surface area contributed by atoms with Gasteiger partial charge in [-0.1, -0.05) is 0 Å². The number of anilines is 2. The molecule has 0 saturated carbocycles. The molecule has 2 aromatic carbocycles. The van der Waals surface area contributed by atoms with Crippen LogP contribution in [0.1, 0.15) is 17.5 Å². The second-order valence-corrected chi connectivity index (χ2v) is 13.2. The van der Waals surface area contributed by atoms with Crippen molar-refractivity contribution in [2.24, 2.45) is 0 Å². The molecule has 1 unspecified atom stereocenters. The van der Waals surface area contributed by atoms with E-state index in [9.17, 15) is 22.6 Å². The number of benzene rings is 2. The predicted octanol–water partition coefficient (Wildman–Crippen LogP) is 5.16.